The summed E-state index contributed by atoms with van der Waals surface area (Å²) in [6.07, 6.45) is 3.60. The molecule has 124 valence electrons. The number of aromatic nitrogens is 3. The van der Waals surface area contributed by atoms with Gasteiger partial charge in [-0.3, -0.25) is 9.89 Å². The molecule has 3 heterocycles. The molecular formula is C17H24N4OS. The molecule has 0 aliphatic carbocycles. The molecule has 3 rings (SSSR count). The first kappa shape index (κ1) is 16.2. The van der Waals surface area contributed by atoms with Crippen LogP contribution in [0, 0.1) is 6.92 Å². The topological polar surface area (TPSA) is 61.9 Å². The zero-order valence-corrected chi connectivity index (χ0v) is 15.0. The average molecular weight is 332 g/mol. The van der Waals surface area contributed by atoms with Crippen molar-refractivity contribution < 1.29 is 4.79 Å². The number of likely N-dealkylation sites (tertiary alicyclic amines) is 1. The maximum Gasteiger partial charge on any atom is 0.257 e. The van der Waals surface area contributed by atoms with Crippen LogP contribution >= 0.6 is 11.3 Å². The normalized spacial score (nSPS) is 16.8. The highest BCUT2D eigenvalue weighted by molar-refractivity contribution is 7.09. The molecule has 23 heavy (non-hydrogen) atoms. The molecule has 1 aliphatic rings. The first-order valence-electron chi connectivity index (χ1n) is 8.11. The lowest BCUT2D eigenvalue weighted by atomic mass is 9.93. The fourth-order valence-electron chi connectivity index (χ4n) is 2.89. The molecule has 1 amide bonds. The fourth-order valence-corrected chi connectivity index (χ4v) is 4.10. The minimum atomic E-state index is 0.0872. The lowest BCUT2D eigenvalue weighted by molar-refractivity contribution is 0.0712. The molecule has 1 saturated heterocycles. The van der Waals surface area contributed by atoms with E-state index in [1.54, 1.807) is 17.5 Å². The predicted molar refractivity (Wildman–Crippen MR) is 92.0 cm³/mol. The van der Waals surface area contributed by atoms with E-state index in [1.807, 2.05) is 11.8 Å². The van der Waals surface area contributed by atoms with Crippen LogP contribution in [0.25, 0.3) is 0 Å². The average Bonchev–Trinajstić information content (AvgIpc) is 3.15. The Balaban J connectivity index is 1.63. The van der Waals surface area contributed by atoms with Crippen molar-refractivity contribution >= 4 is 17.2 Å². The molecule has 0 aromatic carbocycles. The van der Waals surface area contributed by atoms with Crippen molar-refractivity contribution in [1.29, 1.82) is 0 Å². The molecule has 0 unspecified atom stereocenters. The van der Waals surface area contributed by atoms with Gasteiger partial charge in [0.15, 0.2) is 0 Å². The van der Waals surface area contributed by atoms with Crippen LogP contribution in [-0.2, 0) is 5.41 Å². The summed E-state index contributed by atoms with van der Waals surface area (Å²) in [5.41, 5.74) is 2.80. The van der Waals surface area contributed by atoms with Gasteiger partial charge in [-0.1, -0.05) is 20.8 Å². The van der Waals surface area contributed by atoms with Crippen LogP contribution in [0.3, 0.4) is 0 Å². The Bertz CT molecular complexity index is 690. The zero-order chi connectivity index (χ0) is 16.6. The lowest BCUT2D eigenvalue weighted by Crippen LogP contribution is -2.38. The van der Waals surface area contributed by atoms with Crippen LogP contribution in [-0.4, -0.2) is 39.1 Å². The molecule has 1 N–H and O–H groups in total. The molecule has 2 aromatic heterocycles. The standard InChI is InChI=1S/C17H24N4OS/c1-11-13(9-18-20-11)16(22)21-7-5-12(6-8-21)15-19-14(10-23-15)17(2,3)4/h9-10,12H,5-8H2,1-4H3,(H,18,20). The van der Waals surface area contributed by atoms with Crippen molar-refractivity contribution in [2.45, 2.75) is 51.9 Å². The third-order valence-electron chi connectivity index (χ3n) is 4.48. The number of amides is 1. The molecule has 6 heteroatoms. The Labute approximate surface area is 141 Å². The van der Waals surface area contributed by atoms with Gasteiger partial charge in [-0.2, -0.15) is 5.10 Å². The molecule has 1 aliphatic heterocycles. The minimum absolute atomic E-state index is 0.0872. The van der Waals surface area contributed by atoms with Crippen molar-refractivity contribution in [2.24, 2.45) is 0 Å². The number of carbonyl (C=O) groups is 1. The summed E-state index contributed by atoms with van der Waals surface area (Å²) in [5, 5.41) is 10.2. The Morgan fingerprint density at radius 3 is 2.57 bits per heavy atom. The monoisotopic (exact) mass is 332 g/mol. The molecule has 0 saturated carbocycles. The number of H-pyrrole nitrogens is 1. The van der Waals surface area contributed by atoms with Crippen molar-refractivity contribution in [3.8, 4) is 0 Å². The Morgan fingerprint density at radius 2 is 2.04 bits per heavy atom. The molecule has 1 fully saturated rings. The largest absolute Gasteiger partial charge is 0.338 e. The highest BCUT2D eigenvalue weighted by Gasteiger charge is 2.28. The van der Waals surface area contributed by atoms with Gasteiger partial charge >= 0.3 is 0 Å². The van der Waals surface area contributed by atoms with E-state index < -0.39 is 0 Å². The number of aryl methyl sites for hydroxylation is 1. The second kappa shape index (κ2) is 6.07. The summed E-state index contributed by atoms with van der Waals surface area (Å²) in [5.74, 6) is 0.565. The summed E-state index contributed by atoms with van der Waals surface area (Å²) in [6.45, 7) is 10.1. The first-order valence-corrected chi connectivity index (χ1v) is 8.99. The van der Waals surface area contributed by atoms with E-state index in [1.165, 1.54) is 10.7 Å². The number of aromatic amines is 1. The van der Waals surface area contributed by atoms with Gasteiger partial charge in [0.1, 0.15) is 0 Å². The molecule has 0 radical (unpaired) electrons. The highest BCUT2D eigenvalue weighted by atomic mass is 32.1. The maximum atomic E-state index is 12.5. The van der Waals surface area contributed by atoms with E-state index in [4.69, 9.17) is 4.98 Å². The lowest BCUT2D eigenvalue weighted by Gasteiger charge is -2.31. The number of nitrogens with zero attached hydrogens (tertiary/aromatic N) is 3. The molecular weight excluding hydrogens is 308 g/mol. The van der Waals surface area contributed by atoms with E-state index in [2.05, 4.69) is 36.3 Å². The molecule has 0 spiro atoms. The summed E-state index contributed by atoms with van der Waals surface area (Å²) in [6, 6.07) is 0. The molecule has 0 atom stereocenters. The van der Waals surface area contributed by atoms with Crippen LogP contribution < -0.4 is 0 Å². The smallest absolute Gasteiger partial charge is 0.257 e. The summed E-state index contributed by atoms with van der Waals surface area (Å²) < 4.78 is 0. The van der Waals surface area contributed by atoms with Gasteiger partial charge in [-0.15, -0.1) is 11.3 Å². The summed E-state index contributed by atoms with van der Waals surface area (Å²) in [4.78, 5) is 19.3. The predicted octanol–water partition coefficient (Wildman–Crippen LogP) is 3.49. The number of rotatable bonds is 2. The van der Waals surface area contributed by atoms with Crippen molar-refractivity contribution in [2.75, 3.05) is 13.1 Å². The number of thiazole rings is 1. The summed E-state index contributed by atoms with van der Waals surface area (Å²) in [7, 11) is 0. The van der Waals surface area contributed by atoms with Gasteiger partial charge in [0.2, 0.25) is 0 Å². The van der Waals surface area contributed by atoms with Gasteiger partial charge in [-0.05, 0) is 19.8 Å². The minimum Gasteiger partial charge on any atom is -0.338 e. The molecule has 2 aromatic rings. The SMILES string of the molecule is Cc1[nH]ncc1C(=O)N1CCC(c2nc(C(C)(C)C)cs2)CC1. The van der Waals surface area contributed by atoms with E-state index in [-0.39, 0.29) is 11.3 Å². The van der Waals surface area contributed by atoms with Crippen LogP contribution in [0.5, 0.6) is 0 Å². The van der Waals surface area contributed by atoms with Gasteiger partial charge in [0.25, 0.3) is 5.91 Å². The van der Waals surface area contributed by atoms with Crippen molar-refractivity contribution in [3.63, 3.8) is 0 Å². The summed E-state index contributed by atoms with van der Waals surface area (Å²) >= 11 is 1.76. The van der Waals surface area contributed by atoms with Gasteiger partial charge in [-0.25, -0.2) is 4.98 Å². The van der Waals surface area contributed by atoms with E-state index in [0.29, 0.717) is 11.5 Å². The van der Waals surface area contributed by atoms with Crippen molar-refractivity contribution in [3.05, 3.63) is 33.5 Å². The Kier molecular flexibility index (Phi) is 4.27. The zero-order valence-electron chi connectivity index (χ0n) is 14.2. The highest BCUT2D eigenvalue weighted by Crippen LogP contribution is 2.33. The third kappa shape index (κ3) is 3.32. The number of hydrogen-bond acceptors (Lipinski definition) is 4. The second-order valence-corrected chi connectivity index (χ2v) is 8.19. The van der Waals surface area contributed by atoms with Crippen LogP contribution in [0.15, 0.2) is 11.6 Å². The van der Waals surface area contributed by atoms with Gasteiger partial charge in [0, 0.05) is 35.5 Å². The fraction of sp³-hybridized carbons (Fsp3) is 0.588. The number of piperidine rings is 1. The quantitative estimate of drug-likeness (QED) is 0.915. The number of hydrogen-bond donors (Lipinski definition) is 1. The molecule has 0 bridgehead atoms. The Morgan fingerprint density at radius 1 is 1.35 bits per heavy atom. The van der Waals surface area contributed by atoms with E-state index in [0.717, 1.165) is 31.6 Å². The number of nitrogens with one attached hydrogen (secondary N) is 1. The first-order chi connectivity index (χ1) is 10.9. The van der Waals surface area contributed by atoms with E-state index >= 15 is 0 Å². The number of carbonyl (C=O) groups excluding carboxylic acids is 1. The van der Waals surface area contributed by atoms with Crippen molar-refractivity contribution in [1.82, 2.24) is 20.1 Å². The van der Waals surface area contributed by atoms with Gasteiger partial charge in [0.05, 0.1) is 22.5 Å². The van der Waals surface area contributed by atoms with Crippen LogP contribution in [0.1, 0.15) is 66.3 Å². The second-order valence-electron chi connectivity index (χ2n) is 7.30. The third-order valence-corrected chi connectivity index (χ3v) is 5.49. The maximum absolute atomic E-state index is 12.5. The molecule has 5 nitrogen and oxygen atoms in total. The van der Waals surface area contributed by atoms with Crippen LogP contribution in [0.2, 0.25) is 0 Å². The van der Waals surface area contributed by atoms with Gasteiger partial charge < -0.3 is 4.90 Å². The van der Waals surface area contributed by atoms with Crippen LogP contribution in [0.4, 0.5) is 0 Å². The van der Waals surface area contributed by atoms with E-state index in [9.17, 15) is 4.79 Å². The Hall–Kier alpha value is -1.69.